The summed E-state index contributed by atoms with van der Waals surface area (Å²) in [6, 6.07) is 14.6. The third-order valence-corrected chi connectivity index (χ3v) is 6.29. The van der Waals surface area contributed by atoms with Gasteiger partial charge in [0.25, 0.3) is 0 Å². The van der Waals surface area contributed by atoms with Crippen LogP contribution in [0.2, 0.25) is 0 Å². The fourth-order valence-electron chi connectivity index (χ4n) is 3.31. The molecule has 0 bridgehead atoms. The molecule has 0 aliphatic carbocycles. The SMILES string of the molecule is COc1ccc(C)cc1S(=O)(=O)N[C@@H](C[NH+]1CCOCC1)c1ccccc1. The second-order valence-corrected chi connectivity index (χ2v) is 8.49. The monoisotopic (exact) mass is 391 g/mol. The quantitative estimate of drug-likeness (QED) is 0.737. The Hall–Kier alpha value is -1.93. The lowest BCUT2D eigenvalue weighted by atomic mass is 10.1. The van der Waals surface area contributed by atoms with Crippen LogP contribution in [0.5, 0.6) is 5.75 Å². The second-order valence-electron chi connectivity index (χ2n) is 6.81. The zero-order valence-corrected chi connectivity index (χ0v) is 16.6. The van der Waals surface area contributed by atoms with Crippen LogP contribution in [0.3, 0.4) is 0 Å². The van der Waals surface area contributed by atoms with Gasteiger partial charge in [-0.15, -0.1) is 0 Å². The minimum atomic E-state index is -3.74. The highest BCUT2D eigenvalue weighted by molar-refractivity contribution is 7.89. The van der Waals surface area contributed by atoms with E-state index in [1.54, 1.807) is 12.1 Å². The summed E-state index contributed by atoms with van der Waals surface area (Å²) in [7, 11) is -2.26. The van der Waals surface area contributed by atoms with Crippen molar-refractivity contribution in [1.82, 2.24) is 4.72 Å². The zero-order valence-electron chi connectivity index (χ0n) is 15.8. The van der Waals surface area contributed by atoms with Gasteiger partial charge < -0.3 is 14.4 Å². The van der Waals surface area contributed by atoms with E-state index in [4.69, 9.17) is 9.47 Å². The van der Waals surface area contributed by atoms with Gasteiger partial charge in [0.15, 0.2) is 0 Å². The Morgan fingerprint density at radius 3 is 2.52 bits per heavy atom. The summed E-state index contributed by atoms with van der Waals surface area (Å²) in [5.41, 5.74) is 1.82. The minimum Gasteiger partial charge on any atom is -0.495 e. The molecule has 1 aliphatic rings. The standard InChI is InChI=1S/C20H26N2O4S/c1-16-8-9-19(25-2)20(14-16)27(23,24)21-18(17-6-4-3-5-7-17)15-22-10-12-26-13-11-22/h3-9,14,18,21H,10-13,15H2,1-2H3/p+1/t18-/m0/s1. The van der Waals surface area contributed by atoms with Gasteiger partial charge in [-0.25, -0.2) is 8.42 Å². The number of sulfonamides is 1. The summed E-state index contributed by atoms with van der Waals surface area (Å²) < 4.78 is 39.9. The van der Waals surface area contributed by atoms with E-state index in [0.717, 1.165) is 24.2 Å². The van der Waals surface area contributed by atoms with Crippen molar-refractivity contribution in [3.63, 3.8) is 0 Å². The summed E-state index contributed by atoms with van der Waals surface area (Å²) >= 11 is 0. The Bertz CT molecular complexity index is 850. The van der Waals surface area contributed by atoms with Crippen LogP contribution in [0.25, 0.3) is 0 Å². The van der Waals surface area contributed by atoms with Crippen molar-refractivity contribution in [3.05, 3.63) is 59.7 Å². The first-order valence-corrected chi connectivity index (χ1v) is 10.6. The number of quaternary nitrogens is 1. The molecule has 1 saturated heterocycles. The van der Waals surface area contributed by atoms with Crippen LogP contribution >= 0.6 is 0 Å². The maximum absolute atomic E-state index is 13.2. The molecule has 0 radical (unpaired) electrons. The second kappa shape index (κ2) is 8.84. The Kier molecular flexibility index (Phi) is 6.49. The summed E-state index contributed by atoms with van der Waals surface area (Å²) in [5, 5.41) is 0. The third-order valence-electron chi connectivity index (χ3n) is 4.80. The molecule has 7 heteroatoms. The molecule has 6 nitrogen and oxygen atoms in total. The molecule has 0 aromatic heterocycles. The van der Waals surface area contributed by atoms with Gasteiger partial charge in [-0.3, -0.25) is 0 Å². The Morgan fingerprint density at radius 1 is 1.15 bits per heavy atom. The highest BCUT2D eigenvalue weighted by Gasteiger charge is 2.28. The first-order valence-electron chi connectivity index (χ1n) is 9.13. The number of ether oxygens (including phenoxy) is 2. The van der Waals surface area contributed by atoms with Crippen LogP contribution in [-0.4, -0.2) is 48.4 Å². The largest absolute Gasteiger partial charge is 0.495 e. The number of hydrogen-bond acceptors (Lipinski definition) is 4. The van der Waals surface area contributed by atoms with E-state index >= 15 is 0 Å². The number of aryl methyl sites for hydroxylation is 1. The molecule has 27 heavy (non-hydrogen) atoms. The molecule has 2 N–H and O–H groups in total. The van der Waals surface area contributed by atoms with Gasteiger partial charge in [-0.05, 0) is 30.2 Å². The molecule has 1 aliphatic heterocycles. The van der Waals surface area contributed by atoms with E-state index in [9.17, 15) is 8.42 Å². The average molecular weight is 392 g/mol. The summed E-state index contributed by atoms with van der Waals surface area (Å²) in [5.74, 6) is 0.346. The van der Waals surface area contributed by atoms with Gasteiger partial charge in [0, 0.05) is 0 Å². The first-order chi connectivity index (χ1) is 13.0. The van der Waals surface area contributed by atoms with Crippen molar-refractivity contribution in [3.8, 4) is 5.75 Å². The molecule has 2 aromatic carbocycles. The highest BCUT2D eigenvalue weighted by atomic mass is 32.2. The van der Waals surface area contributed by atoms with Crippen LogP contribution < -0.4 is 14.4 Å². The maximum atomic E-state index is 13.2. The molecule has 1 fully saturated rings. The van der Waals surface area contributed by atoms with Crippen molar-refractivity contribution < 1.29 is 22.8 Å². The van der Waals surface area contributed by atoms with Crippen molar-refractivity contribution in [2.75, 3.05) is 40.0 Å². The molecule has 1 heterocycles. The summed E-state index contributed by atoms with van der Waals surface area (Å²) in [6.07, 6.45) is 0. The topological polar surface area (TPSA) is 69.1 Å². The predicted octanol–water partition coefficient (Wildman–Crippen LogP) is 0.938. The molecule has 1 atom stereocenters. The molecule has 0 unspecified atom stereocenters. The van der Waals surface area contributed by atoms with E-state index in [-0.39, 0.29) is 10.9 Å². The van der Waals surface area contributed by atoms with Gasteiger partial charge in [-0.1, -0.05) is 36.4 Å². The smallest absolute Gasteiger partial charge is 0.245 e. The lowest BCUT2D eigenvalue weighted by Gasteiger charge is -2.28. The number of rotatable bonds is 7. The normalized spacial score (nSPS) is 16.8. The van der Waals surface area contributed by atoms with E-state index in [0.29, 0.717) is 25.5 Å². The summed E-state index contributed by atoms with van der Waals surface area (Å²) in [4.78, 5) is 1.50. The average Bonchev–Trinajstić information content (AvgIpc) is 2.69. The van der Waals surface area contributed by atoms with Gasteiger partial charge in [-0.2, -0.15) is 4.72 Å². The molecule has 0 saturated carbocycles. The van der Waals surface area contributed by atoms with E-state index in [1.807, 2.05) is 43.3 Å². The van der Waals surface area contributed by atoms with E-state index in [1.165, 1.54) is 12.0 Å². The zero-order chi connectivity index (χ0) is 19.3. The molecule has 146 valence electrons. The number of morpholine rings is 1. The van der Waals surface area contributed by atoms with Crippen LogP contribution in [-0.2, 0) is 14.8 Å². The van der Waals surface area contributed by atoms with Gasteiger partial charge in [0.1, 0.15) is 23.7 Å². The molecule has 2 aromatic rings. The number of methoxy groups -OCH3 is 1. The molecular weight excluding hydrogens is 364 g/mol. The first kappa shape index (κ1) is 19.8. The van der Waals surface area contributed by atoms with Crippen LogP contribution in [0.15, 0.2) is 53.4 Å². The lowest BCUT2D eigenvalue weighted by Crippen LogP contribution is -3.14. The van der Waals surface area contributed by atoms with Crippen LogP contribution in [0.1, 0.15) is 17.2 Å². The molecule has 0 spiro atoms. The van der Waals surface area contributed by atoms with Crippen molar-refractivity contribution in [1.29, 1.82) is 0 Å². The predicted molar refractivity (Wildman–Crippen MR) is 104 cm³/mol. The van der Waals surface area contributed by atoms with Crippen LogP contribution in [0.4, 0.5) is 0 Å². The van der Waals surface area contributed by atoms with E-state index in [2.05, 4.69) is 4.72 Å². The Morgan fingerprint density at radius 2 is 1.85 bits per heavy atom. The molecular formula is C20H27N2O4S+. The Balaban J connectivity index is 1.89. The number of benzene rings is 2. The van der Waals surface area contributed by atoms with Gasteiger partial charge in [0.2, 0.25) is 10.0 Å². The minimum absolute atomic E-state index is 0.169. The fourth-order valence-corrected chi connectivity index (χ4v) is 4.79. The maximum Gasteiger partial charge on any atom is 0.245 e. The van der Waals surface area contributed by atoms with Crippen molar-refractivity contribution in [2.24, 2.45) is 0 Å². The summed E-state index contributed by atoms with van der Waals surface area (Å²) in [6.45, 7) is 5.69. The molecule has 3 rings (SSSR count). The van der Waals surface area contributed by atoms with Crippen LogP contribution in [0, 0.1) is 6.92 Å². The Labute approximate surface area is 161 Å². The lowest BCUT2D eigenvalue weighted by molar-refractivity contribution is -0.909. The molecule has 0 amide bonds. The fraction of sp³-hybridized carbons (Fsp3) is 0.400. The van der Waals surface area contributed by atoms with Gasteiger partial charge in [0.05, 0.1) is 32.9 Å². The highest BCUT2D eigenvalue weighted by Crippen LogP contribution is 2.26. The number of hydrogen-bond donors (Lipinski definition) is 2. The van der Waals surface area contributed by atoms with Crippen molar-refractivity contribution >= 4 is 10.0 Å². The number of nitrogens with one attached hydrogen (secondary N) is 2. The van der Waals surface area contributed by atoms with Crippen molar-refractivity contribution in [2.45, 2.75) is 17.9 Å². The van der Waals surface area contributed by atoms with E-state index < -0.39 is 10.0 Å². The third kappa shape index (κ3) is 5.07. The van der Waals surface area contributed by atoms with Gasteiger partial charge >= 0.3 is 0 Å².